The number of amides is 1. The number of likely N-dealkylation sites (tertiary alicyclic amines) is 1. The van der Waals surface area contributed by atoms with Gasteiger partial charge in [-0.25, -0.2) is 4.98 Å². The van der Waals surface area contributed by atoms with Crippen molar-refractivity contribution in [2.45, 2.75) is 32.1 Å². The lowest BCUT2D eigenvalue weighted by molar-refractivity contribution is -0.138. The van der Waals surface area contributed by atoms with Crippen LogP contribution < -0.4 is 0 Å². The summed E-state index contributed by atoms with van der Waals surface area (Å²) >= 11 is 0. The van der Waals surface area contributed by atoms with Crippen molar-refractivity contribution in [1.82, 2.24) is 20.1 Å². The molecular formula is C17H22N4O3. The summed E-state index contributed by atoms with van der Waals surface area (Å²) in [5.41, 5.74) is 1.04. The van der Waals surface area contributed by atoms with Crippen LogP contribution in [0.25, 0.3) is 0 Å². The number of nitrogens with one attached hydrogen (secondary N) is 1. The first-order chi connectivity index (χ1) is 11.7. The van der Waals surface area contributed by atoms with E-state index in [1.54, 1.807) is 12.0 Å². The van der Waals surface area contributed by atoms with Crippen LogP contribution in [0.5, 0.6) is 0 Å². The van der Waals surface area contributed by atoms with Crippen LogP contribution in [0.2, 0.25) is 0 Å². The Hall–Kier alpha value is -2.25. The number of carbonyl (C=O) groups excluding carboxylic acids is 1. The number of nitrogens with zero attached hydrogens (tertiary/aromatic N) is 3. The van der Waals surface area contributed by atoms with Crippen molar-refractivity contribution in [2.75, 3.05) is 20.3 Å². The van der Waals surface area contributed by atoms with Crippen molar-refractivity contribution < 1.29 is 14.3 Å². The maximum atomic E-state index is 12.6. The number of ether oxygens (including phenoxy) is 2. The molecule has 0 bridgehead atoms. The zero-order chi connectivity index (χ0) is 16.9. The highest BCUT2D eigenvalue weighted by Gasteiger charge is 2.38. The monoisotopic (exact) mass is 330 g/mol. The maximum Gasteiger partial charge on any atom is 0.249 e. The van der Waals surface area contributed by atoms with E-state index in [1.807, 2.05) is 37.3 Å². The van der Waals surface area contributed by atoms with Gasteiger partial charge in [0.25, 0.3) is 0 Å². The van der Waals surface area contributed by atoms with Crippen molar-refractivity contribution in [1.29, 1.82) is 0 Å². The minimum Gasteiger partial charge on any atom is -0.380 e. The van der Waals surface area contributed by atoms with Crippen LogP contribution in [0, 0.1) is 6.92 Å². The van der Waals surface area contributed by atoms with Crippen LogP contribution in [-0.2, 0) is 20.9 Å². The molecule has 24 heavy (non-hydrogen) atoms. The molecule has 1 amide bonds. The molecule has 1 aliphatic heterocycles. The second-order valence-corrected chi connectivity index (χ2v) is 5.91. The van der Waals surface area contributed by atoms with Crippen LogP contribution in [0.1, 0.15) is 29.7 Å². The lowest BCUT2D eigenvalue weighted by Gasteiger charge is -2.22. The van der Waals surface area contributed by atoms with Gasteiger partial charge in [0.2, 0.25) is 5.91 Å². The molecule has 0 radical (unpaired) electrons. The van der Waals surface area contributed by atoms with Crippen LogP contribution in [0.4, 0.5) is 0 Å². The summed E-state index contributed by atoms with van der Waals surface area (Å²) in [6, 6.07) is 9.62. The van der Waals surface area contributed by atoms with Gasteiger partial charge in [-0.15, -0.1) is 0 Å². The predicted molar refractivity (Wildman–Crippen MR) is 87.1 cm³/mol. The minimum absolute atomic E-state index is 0.00752. The summed E-state index contributed by atoms with van der Waals surface area (Å²) in [7, 11) is 1.66. The molecule has 7 nitrogen and oxygen atoms in total. The van der Waals surface area contributed by atoms with E-state index < -0.39 is 0 Å². The van der Waals surface area contributed by atoms with Crippen LogP contribution >= 0.6 is 0 Å². The van der Waals surface area contributed by atoms with Gasteiger partial charge in [-0.3, -0.25) is 9.89 Å². The minimum atomic E-state index is -0.173. The Balaban J connectivity index is 1.61. The summed E-state index contributed by atoms with van der Waals surface area (Å²) < 4.78 is 11.0. The number of aryl methyl sites for hydroxylation is 1. The van der Waals surface area contributed by atoms with E-state index in [0.717, 1.165) is 11.4 Å². The van der Waals surface area contributed by atoms with Crippen molar-refractivity contribution in [3.8, 4) is 0 Å². The van der Waals surface area contributed by atoms with E-state index in [0.29, 0.717) is 25.4 Å². The fraction of sp³-hybridized carbons (Fsp3) is 0.471. The molecule has 1 aromatic heterocycles. The normalized spacial score (nSPS) is 20.5. The Bertz CT molecular complexity index is 673. The van der Waals surface area contributed by atoms with Gasteiger partial charge in [-0.1, -0.05) is 30.3 Å². The first-order valence-corrected chi connectivity index (χ1v) is 8.00. The van der Waals surface area contributed by atoms with E-state index in [4.69, 9.17) is 9.47 Å². The highest BCUT2D eigenvalue weighted by Crippen LogP contribution is 2.31. The topological polar surface area (TPSA) is 80.3 Å². The molecule has 2 aromatic rings. The summed E-state index contributed by atoms with van der Waals surface area (Å²) in [6.07, 6.45) is 0.685. The molecular weight excluding hydrogens is 308 g/mol. The molecule has 0 saturated carbocycles. The molecule has 0 unspecified atom stereocenters. The molecule has 1 saturated heterocycles. The van der Waals surface area contributed by atoms with Gasteiger partial charge in [-0.2, -0.15) is 5.10 Å². The van der Waals surface area contributed by atoms with Gasteiger partial charge in [0.15, 0.2) is 5.82 Å². The first kappa shape index (κ1) is 16.6. The largest absolute Gasteiger partial charge is 0.380 e. The lowest BCUT2D eigenvalue weighted by Crippen LogP contribution is -2.35. The Kier molecular flexibility index (Phi) is 5.22. The fourth-order valence-electron chi connectivity index (χ4n) is 2.91. The second kappa shape index (κ2) is 7.55. The predicted octanol–water partition coefficient (Wildman–Crippen LogP) is 1.62. The highest BCUT2D eigenvalue weighted by molar-refractivity contribution is 5.78. The Morgan fingerprint density at radius 2 is 2.17 bits per heavy atom. The van der Waals surface area contributed by atoms with Crippen LogP contribution in [0.15, 0.2) is 30.3 Å². The van der Waals surface area contributed by atoms with E-state index >= 15 is 0 Å². The summed E-state index contributed by atoms with van der Waals surface area (Å²) in [5.74, 6) is 1.29. The molecule has 1 N–H and O–H groups in total. The van der Waals surface area contributed by atoms with Gasteiger partial charge in [0, 0.05) is 20.1 Å². The molecule has 128 valence electrons. The molecule has 0 aliphatic carbocycles. The number of aromatic nitrogens is 3. The third-order valence-electron chi connectivity index (χ3n) is 4.17. The average molecular weight is 330 g/mol. The number of aromatic amines is 1. The second-order valence-electron chi connectivity index (χ2n) is 5.91. The summed E-state index contributed by atoms with van der Waals surface area (Å²) in [5, 5.41) is 7.03. The maximum absolute atomic E-state index is 12.6. The van der Waals surface area contributed by atoms with E-state index in [9.17, 15) is 4.79 Å². The molecule has 7 heteroatoms. The highest BCUT2D eigenvalue weighted by atomic mass is 16.5. The van der Waals surface area contributed by atoms with Crippen molar-refractivity contribution in [3.05, 3.63) is 47.5 Å². The molecule has 1 fully saturated rings. The third-order valence-corrected chi connectivity index (χ3v) is 4.17. The number of H-pyrrole nitrogens is 1. The van der Waals surface area contributed by atoms with E-state index in [1.165, 1.54) is 0 Å². The quantitative estimate of drug-likeness (QED) is 0.870. The Morgan fingerprint density at radius 1 is 1.38 bits per heavy atom. The standard InChI is InChI=1S/C17H22N4O3/c1-12-18-17(20-19-12)15-8-14(23-2)9-21(15)16(22)11-24-10-13-6-4-3-5-7-13/h3-7,14-15H,8-11H2,1-2H3,(H,18,19,20)/t14-,15+/m1/s1. The lowest BCUT2D eigenvalue weighted by atomic mass is 10.2. The number of methoxy groups -OCH3 is 1. The van der Waals surface area contributed by atoms with E-state index in [-0.39, 0.29) is 24.7 Å². The molecule has 1 aliphatic rings. The summed E-state index contributed by atoms with van der Waals surface area (Å²) in [6.45, 7) is 2.82. The zero-order valence-electron chi connectivity index (χ0n) is 13.9. The van der Waals surface area contributed by atoms with Gasteiger partial charge in [0.1, 0.15) is 12.4 Å². The number of hydrogen-bond donors (Lipinski definition) is 1. The van der Waals surface area contributed by atoms with Crippen LogP contribution in [-0.4, -0.2) is 52.4 Å². The van der Waals surface area contributed by atoms with Gasteiger partial charge >= 0.3 is 0 Å². The van der Waals surface area contributed by atoms with Crippen molar-refractivity contribution >= 4 is 5.91 Å². The van der Waals surface area contributed by atoms with Gasteiger partial charge in [-0.05, 0) is 12.5 Å². The molecule has 3 rings (SSSR count). The molecule has 0 spiro atoms. The molecule has 2 heterocycles. The van der Waals surface area contributed by atoms with E-state index in [2.05, 4.69) is 15.2 Å². The van der Waals surface area contributed by atoms with Crippen molar-refractivity contribution in [3.63, 3.8) is 0 Å². The third kappa shape index (κ3) is 3.80. The smallest absolute Gasteiger partial charge is 0.249 e. The Labute approximate surface area is 141 Å². The van der Waals surface area contributed by atoms with Crippen LogP contribution in [0.3, 0.4) is 0 Å². The number of hydrogen-bond acceptors (Lipinski definition) is 5. The molecule has 1 aromatic carbocycles. The summed E-state index contributed by atoms with van der Waals surface area (Å²) in [4.78, 5) is 18.7. The van der Waals surface area contributed by atoms with Gasteiger partial charge < -0.3 is 14.4 Å². The number of benzene rings is 1. The van der Waals surface area contributed by atoms with Gasteiger partial charge in [0.05, 0.1) is 18.8 Å². The number of rotatable bonds is 6. The molecule has 2 atom stereocenters. The SMILES string of the molecule is CO[C@@H]1C[C@@H](c2n[nH]c(C)n2)N(C(=O)COCc2ccccc2)C1. The number of carbonyl (C=O) groups is 1. The first-order valence-electron chi connectivity index (χ1n) is 8.00. The van der Waals surface area contributed by atoms with Crippen molar-refractivity contribution in [2.24, 2.45) is 0 Å². The fourth-order valence-corrected chi connectivity index (χ4v) is 2.91. The Morgan fingerprint density at radius 3 is 2.83 bits per heavy atom. The average Bonchev–Trinajstić information content (AvgIpc) is 3.21. The zero-order valence-corrected chi connectivity index (χ0v) is 13.9.